The zero-order valence-electron chi connectivity index (χ0n) is 13.7. The summed E-state index contributed by atoms with van der Waals surface area (Å²) in [5.41, 5.74) is 2.22. The zero-order valence-corrected chi connectivity index (χ0v) is 15.2. The Hall–Kier alpha value is -1.42. The van der Waals surface area contributed by atoms with Gasteiger partial charge in [-0.15, -0.1) is 0 Å². The van der Waals surface area contributed by atoms with Crippen LogP contribution >= 0.6 is 23.2 Å². The molecule has 1 N–H and O–H groups in total. The molecule has 0 radical (unpaired) electrons. The first-order chi connectivity index (χ1) is 11.0. The molecule has 0 fully saturated rings. The van der Waals surface area contributed by atoms with Gasteiger partial charge in [0.2, 0.25) is 0 Å². The Morgan fingerprint density at radius 2 is 1.61 bits per heavy atom. The Kier molecular flexibility index (Phi) is 6.58. The van der Waals surface area contributed by atoms with E-state index in [4.69, 9.17) is 32.7 Å². The molecule has 0 aliphatic heterocycles. The second-order valence-electron chi connectivity index (χ2n) is 5.52. The number of quaternary nitrogens is 1. The van der Waals surface area contributed by atoms with Crippen LogP contribution in [0.25, 0.3) is 0 Å². The second-order valence-corrected chi connectivity index (χ2v) is 6.34. The van der Waals surface area contributed by atoms with E-state index in [-0.39, 0.29) is 0 Å². The van der Waals surface area contributed by atoms with Gasteiger partial charge in [0.15, 0.2) is 11.5 Å². The summed E-state index contributed by atoms with van der Waals surface area (Å²) in [6, 6.07) is 11.7. The molecule has 0 spiro atoms. The molecule has 0 aliphatic rings. The van der Waals surface area contributed by atoms with Gasteiger partial charge >= 0.3 is 0 Å². The highest BCUT2D eigenvalue weighted by atomic mass is 35.5. The lowest BCUT2D eigenvalue weighted by Crippen LogP contribution is -3.07. The third-order valence-corrected chi connectivity index (χ3v) is 4.54. The fraction of sp³-hybridized carbons (Fsp3) is 0.333. The van der Waals surface area contributed by atoms with E-state index >= 15 is 0 Å². The molecule has 0 amide bonds. The summed E-state index contributed by atoms with van der Waals surface area (Å²) in [4.78, 5) is 1.34. The Morgan fingerprint density at radius 1 is 0.957 bits per heavy atom. The monoisotopic (exact) mass is 354 g/mol. The van der Waals surface area contributed by atoms with Gasteiger partial charge in [-0.05, 0) is 29.8 Å². The molecule has 1 unspecified atom stereocenters. The van der Waals surface area contributed by atoms with Crippen LogP contribution in [0.2, 0.25) is 10.0 Å². The van der Waals surface area contributed by atoms with Gasteiger partial charge in [-0.2, -0.15) is 0 Å². The molecule has 124 valence electrons. The van der Waals surface area contributed by atoms with Gasteiger partial charge in [0.25, 0.3) is 0 Å². The van der Waals surface area contributed by atoms with Crippen molar-refractivity contribution in [2.24, 2.45) is 0 Å². The van der Waals surface area contributed by atoms with Gasteiger partial charge in [-0.1, -0.05) is 35.3 Å². The molecule has 0 saturated heterocycles. The lowest BCUT2D eigenvalue weighted by molar-refractivity contribution is -0.893. The van der Waals surface area contributed by atoms with E-state index in [1.54, 1.807) is 14.2 Å². The predicted molar refractivity (Wildman–Crippen MR) is 95.2 cm³/mol. The number of ether oxygens (including phenoxy) is 2. The quantitative estimate of drug-likeness (QED) is 0.824. The van der Waals surface area contributed by atoms with Crippen LogP contribution in [-0.2, 0) is 13.0 Å². The van der Waals surface area contributed by atoms with Crippen LogP contribution in [0.5, 0.6) is 11.5 Å². The third-order valence-electron chi connectivity index (χ3n) is 3.83. The molecule has 0 aliphatic carbocycles. The van der Waals surface area contributed by atoms with Crippen molar-refractivity contribution in [3.05, 3.63) is 57.6 Å². The average Bonchev–Trinajstić information content (AvgIpc) is 2.56. The Balaban J connectivity index is 1.98. The number of halogens is 2. The van der Waals surface area contributed by atoms with Crippen LogP contribution in [0, 0.1) is 0 Å². The predicted octanol–water partition coefficient (Wildman–Crippen LogP) is 3.27. The summed E-state index contributed by atoms with van der Waals surface area (Å²) in [7, 11) is 5.43. The lowest BCUT2D eigenvalue weighted by Gasteiger charge is -2.16. The fourth-order valence-corrected chi connectivity index (χ4v) is 3.02. The van der Waals surface area contributed by atoms with Crippen molar-refractivity contribution in [3.63, 3.8) is 0 Å². The van der Waals surface area contributed by atoms with Gasteiger partial charge < -0.3 is 14.4 Å². The molecule has 5 heteroatoms. The number of benzene rings is 2. The minimum absolute atomic E-state index is 0.725. The first-order valence-corrected chi connectivity index (χ1v) is 8.25. The van der Waals surface area contributed by atoms with Gasteiger partial charge in [-0.25, -0.2) is 0 Å². The number of likely N-dealkylation sites (N-methyl/N-ethyl adjacent to an activating group) is 1. The molecule has 3 nitrogen and oxygen atoms in total. The highest BCUT2D eigenvalue weighted by Gasteiger charge is 2.12. The summed E-state index contributed by atoms with van der Waals surface area (Å²) >= 11 is 12.5. The molecule has 2 aromatic rings. The molecule has 0 aromatic heterocycles. The molecule has 2 rings (SSSR count). The van der Waals surface area contributed by atoms with Crippen LogP contribution in [-0.4, -0.2) is 27.8 Å². The maximum absolute atomic E-state index is 6.24. The van der Waals surface area contributed by atoms with Crippen LogP contribution < -0.4 is 14.4 Å². The smallest absolute Gasteiger partial charge is 0.160 e. The van der Waals surface area contributed by atoms with Gasteiger partial charge in [0.05, 0.1) is 37.9 Å². The average molecular weight is 355 g/mol. The highest BCUT2D eigenvalue weighted by molar-refractivity contribution is 6.35. The van der Waals surface area contributed by atoms with Crippen molar-refractivity contribution in [2.75, 3.05) is 27.8 Å². The minimum atomic E-state index is 0.725. The normalized spacial score (nSPS) is 12.0. The van der Waals surface area contributed by atoms with Crippen LogP contribution in [0.1, 0.15) is 11.1 Å². The summed E-state index contributed by atoms with van der Waals surface area (Å²) in [5.74, 6) is 1.51. The number of nitrogens with one attached hydrogen (secondary N) is 1. The Morgan fingerprint density at radius 3 is 2.22 bits per heavy atom. The zero-order chi connectivity index (χ0) is 16.8. The second kappa shape index (κ2) is 8.44. The number of hydrogen-bond donors (Lipinski definition) is 1. The van der Waals surface area contributed by atoms with E-state index in [0.717, 1.165) is 46.6 Å². The molecular weight excluding hydrogens is 333 g/mol. The van der Waals surface area contributed by atoms with Crippen molar-refractivity contribution < 1.29 is 14.4 Å². The van der Waals surface area contributed by atoms with Crippen LogP contribution in [0.4, 0.5) is 0 Å². The highest BCUT2D eigenvalue weighted by Crippen LogP contribution is 2.27. The molecular formula is C18H22Cl2NO2+. The fourth-order valence-electron chi connectivity index (χ4n) is 2.49. The van der Waals surface area contributed by atoms with E-state index in [1.165, 1.54) is 10.5 Å². The lowest BCUT2D eigenvalue weighted by atomic mass is 10.1. The third kappa shape index (κ3) is 4.77. The molecule has 2 aromatic carbocycles. The first-order valence-electron chi connectivity index (χ1n) is 7.50. The standard InChI is InChI=1S/C18H21Cl2NO2/c1-21(12-14-15(19)5-4-6-16(14)20)10-9-13-7-8-17(22-2)18(11-13)23-3/h4-8,11H,9-10,12H2,1-3H3/p+1. The Bertz CT molecular complexity index is 641. The molecule has 23 heavy (non-hydrogen) atoms. The van der Waals surface area contributed by atoms with Crippen LogP contribution in [0.15, 0.2) is 36.4 Å². The maximum atomic E-state index is 6.24. The van der Waals surface area contributed by atoms with Crippen molar-refractivity contribution in [1.29, 1.82) is 0 Å². The largest absolute Gasteiger partial charge is 0.493 e. The molecule has 0 bridgehead atoms. The van der Waals surface area contributed by atoms with Crippen molar-refractivity contribution in [3.8, 4) is 11.5 Å². The molecule has 0 saturated carbocycles. The van der Waals surface area contributed by atoms with Gasteiger partial charge in [0, 0.05) is 12.0 Å². The molecule has 0 heterocycles. The number of rotatable bonds is 7. The summed E-state index contributed by atoms with van der Waals surface area (Å²) in [6.45, 7) is 1.77. The number of methoxy groups -OCH3 is 2. The van der Waals surface area contributed by atoms with E-state index in [2.05, 4.69) is 13.1 Å². The van der Waals surface area contributed by atoms with Crippen molar-refractivity contribution >= 4 is 23.2 Å². The summed E-state index contributed by atoms with van der Waals surface area (Å²) in [6.07, 6.45) is 0.939. The SMILES string of the molecule is COc1ccc(CC[NH+](C)Cc2c(Cl)cccc2Cl)cc1OC. The summed E-state index contributed by atoms with van der Waals surface area (Å²) < 4.78 is 10.6. The van der Waals surface area contributed by atoms with Crippen molar-refractivity contribution in [1.82, 2.24) is 0 Å². The van der Waals surface area contributed by atoms with Gasteiger partial charge in [0.1, 0.15) is 6.54 Å². The first kappa shape index (κ1) is 17.9. The summed E-state index contributed by atoms with van der Waals surface area (Å²) in [5, 5.41) is 1.45. The van der Waals surface area contributed by atoms with E-state index in [1.807, 2.05) is 30.3 Å². The van der Waals surface area contributed by atoms with E-state index in [9.17, 15) is 0 Å². The van der Waals surface area contributed by atoms with Gasteiger partial charge in [-0.3, -0.25) is 0 Å². The van der Waals surface area contributed by atoms with Crippen LogP contribution in [0.3, 0.4) is 0 Å². The van der Waals surface area contributed by atoms with E-state index in [0.29, 0.717) is 0 Å². The minimum Gasteiger partial charge on any atom is -0.493 e. The van der Waals surface area contributed by atoms with E-state index < -0.39 is 0 Å². The number of hydrogen-bond acceptors (Lipinski definition) is 2. The topological polar surface area (TPSA) is 22.9 Å². The maximum Gasteiger partial charge on any atom is 0.160 e. The van der Waals surface area contributed by atoms with Crippen molar-refractivity contribution in [2.45, 2.75) is 13.0 Å². The molecule has 1 atom stereocenters. The Labute approximate surface area is 147 Å².